The molecule has 0 aliphatic heterocycles. The number of hydrogen-bond donors (Lipinski definition) is 2. The Morgan fingerprint density at radius 2 is 2.11 bits per heavy atom. The number of carbonyl (C=O) groups excluding carboxylic acids is 1. The Balaban J connectivity index is 2.00. The molecule has 0 spiro atoms. The molecular weight excluding hydrogens is 242 g/mol. The predicted octanol–water partition coefficient (Wildman–Crippen LogP) is 2.04. The third-order valence-electron chi connectivity index (χ3n) is 3.45. The Kier molecular flexibility index (Phi) is 4.80. The molecule has 0 radical (unpaired) electrons. The van der Waals surface area contributed by atoms with Crippen LogP contribution in [0.1, 0.15) is 37.3 Å². The number of hydrogen-bond acceptors (Lipinski definition) is 3. The second-order valence-corrected chi connectivity index (χ2v) is 4.98. The van der Waals surface area contributed by atoms with Crippen molar-refractivity contribution in [3.05, 3.63) is 29.8 Å². The van der Waals surface area contributed by atoms with E-state index in [9.17, 15) is 4.79 Å². The lowest BCUT2D eigenvalue weighted by Gasteiger charge is -2.19. The molecule has 1 saturated carbocycles. The molecule has 0 saturated heterocycles. The SMILES string of the molecule is COc1ccc(C(NC(=O)CCCO)C2CC2)cc1. The molecule has 1 fully saturated rings. The van der Waals surface area contributed by atoms with Crippen molar-refractivity contribution in [2.75, 3.05) is 13.7 Å². The third kappa shape index (κ3) is 3.96. The fraction of sp³-hybridized carbons (Fsp3) is 0.533. The molecule has 1 atom stereocenters. The Morgan fingerprint density at radius 3 is 2.63 bits per heavy atom. The van der Waals surface area contributed by atoms with E-state index in [0.29, 0.717) is 18.8 Å². The molecule has 1 aromatic carbocycles. The predicted molar refractivity (Wildman–Crippen MR) is 72.9 cm³/mol. The zero-order valence-electron chi connectivity index (χ0n) is 11.3. The molecule has 0 heterocycles. The first-order valence-corrected chi connectivity index (χ1v) is 6.78. The normalized spacial score (nSPS) is 15.9. The van der Waals surface area contributed by atoms with Gasteiger partial charge in [0.2, 0.25) is 5.91 Å². The molecule has 4 heteroatoms. The van der Waals surface area contributed by atoms with E-state index >= 15 is 0 Å². The number of benzene rings is 1. The van der Waals surface area contributed by atoms with E-state index < -0.39 is 0 Å². The van der Waals surface area contributed by atoms with Gasteiger partial charge in [-0.3, -0.25) is 4.79 Å². The number of rotatable bonds is 7. The lowest BCUT2D eigenvalue weighted by atomic mass is 10.0. The molecule has 1 unspecified atom stereocenters. The monoisotopic (exact) mass is 263 g/mol. The number of aliphatic hydroxyl groups excluding tert-OH is 1. The highest BCUT2D eigenvalue weighted by molar-refractivity contribution is 5.76. The van der Waals surface area contributed by atoms with E-state index in [1.807, 2.05) is 24.3 Å². The van der Waals surface area contributed by atoms with Crippen LogP contribution in [0.3, 0.4) is 0 Å². The van der Waals surface area contributed by atoms with Crippen molar-refractivity contribution in [1.82, 2.24) is 5.32 Å². The van der Waals surface area contributed by atoms with Crippen molar-refractivity contribution >= 4 is 5.91 Å². The van der Waals surface area contributed by atoms with Crippen molar-refractivity contribution in [2.24, 2.45) is 5.92 Å². The summed E-state index contributed by atoms with van der Waals surface area (Å²) in [5, 5.41) is 11.8. The summed E-state index contributed by atoms with van der Waals surface area (Å²) in [7, 11) is 1.64. The maximum atomic E-state index is 11.8. The Bertz CT molecular complexity index is 412. The molecule has 2 rings (SSSR count). The van der Waals surface area contributed by atoms with Crippen LogP contribution >= 0.6 is 0 Å². The molecule has 1 aliphatic carbocycles. The third-order valence-corrected chi connectivity index (χ3v) is 3.45. The van der Waals surface area contributed by atoms with Crippen molar-refractivity contribution in [1.29, 1.82) is 0 Å². The minimum absolute atomic E-state index is 0.0155. The standard InChI is InChI=1S/C15H21NO3/c1-19-13-8-6-12(7-9-13)15(11-4-5-11)16-14(18)3-2-10-17/h6-9,11,15,17H,2-5,10H2,1H3,(H,16,18). The minimum atomic E-state index is 0.0155. The van der Waals surface area contributed by atoms with Gasteiger partial charge in [0, 0.05) is 13.0 Å². The summed E-state index contributed by atoms with van der Waals surface area (Å²) < 4.78 is 5.14. The topological polar surface area (TPSA) is 58.6 Å². The molecule has 1 aromatic rings. The van der Waals surface area contributed by atoms with Crippen molar-refractivity contribution in [3.63, 3.8) is 0 Å². The van der Waals surface area contributed by atoms with Crippen LogP contribution < -0.4 is 10.1 Å². The van der Waals surface area contributed by atoms with Gasteiger partial charge in [0.15, 0.2) is 0 Å². The number of carbonyl (C=O) groups is 1. The van der Waals surface area contributed by atoms with Gasteiger partial charge in [-0.15, -0.1) is 0 Å². The van der Waals surface area contributed by atoms with Crippen LogP contribution in [0.2, 0.25) is 0 Å². The average molecular weight is 263 g/mol. The van der Waals surface area contributed by atoms with Crippen LogP contribution in [0.15, 0.2) is 24.3 Å². The summed E-state index contributed by atoms with van der Waals surface area (Å²) in [6, 6.07) is 7.95. The van der Waals surface area contributed by atoms with Gasteiger partial charge in [0.05, 0.1) is 13.2 Å². The molecule has 0 bridgehead atoms. The number of aliphatic hydroxyl groups is 1. The molecular formula is C15H21NO3. The van der Waals surface area contributed by atoms with Crippen molar-refractivity contribution in [3.8, 4) is 5.75 Å². The average Bonchev–Trinajstić information content (AvgIpc) is 3.27. The number of ether oxygens (including phenoxy) is 1. The number of amides is 1. The molecule has 4 nitrogen and oxygen atoms in total. The first-order valence-electron chi connectivity index (χ1n) is 6.78. The van der Waals surface area contributed by atoms with Crippen LogP contribution in [0.5, 0.6) is 5.75 Å². The summed E-state index contributed by atoms with van der Waals surface area (Å²) in [6.07, 6.45) is 3.23. The van der Waals surface area contributed by atoms with E-state index in [1.54, 1.807) is 7.11 Å². The van der Waals surface area contributed by atoms with Gasteiger partial charge in [0.1, 0.15) is 5.75 Å². The quantitative estimate of drug-likeness (QED) is 0.791. The summed E-state index contributed by atoms with van der Waals surface area (Å²) in [5.41, 5.74) is 1.13. The largest absolute Gasteiger partial charge is 0.497 e. The summed E-state index contributed by atoms with van der Waals surface area (Å²) in [5.74, 6) is 1.39. The van der Waals surface area contributed by atoms with Crippen molar-refractivity contribution in [2.45, 2.75) is 31.7 Å². The second kappa shape index (κ2) is 6.57. The van der Waals surface area contributed by atoms with Crippen LogP contribution in [0, 0.1) is 5.92 Å². The van der Waals surface area contributed by atoms with Crippen LogP contribution in [0.25, 0.3) is 0 Å². The minimum Gasteiger partial charge on any atom is -0.497 e. The highest BCUT2D eigenvalue weighted by Crippen LogP contribution is 2.41. The van der Waals surface area contributed by atoms with Gasteiger partial charge < -0.3 is 15.2 Å². The van der Waals surface area contributed by atoms with E-state index in [4.69, 9.17) is 9.84 Å². The van der Waals surface area contributed by atoms with Gasteiger partial charge in [-0.1, -0.05) is 12.1 Å². The number of nitrogens with one attached hydrogen (secondary N) is 1. The summed E-state index contributed by atoms with van der Waals surface area (Å²) in [4.78, 5) is 11.8. The van der Waals surface area contributed by atoms with E-state index in [0.717, 1.165) is 24.2 Å². The maximum absolute atomic E-state index is 11.8. The van der Waals surface area contributed by atoms with Crippen LogP contribution in [0.4, 0.5) is 0 Å². The number of methoxy groups -OCH3 is 1. The van der Waals surface area contributed by atoms with Gasteiger partial charge in [-0.05, 0) is 42.9 Å². The Morgan fingerprint density at radius 1 is 1.42 bits per heavy atom. The van der Waals surface area contributed by atoms with E-state index in [-0.39, 0.29) is 18.6 Å². The van der Waals surface area contributed by atoms with Crippen LogP contribution in [-0.2, 0) is 4.79 Å². The Labute approximate surface area is 113 Å². The fourth-order valence-electron chi connectivity index (χ4n) is 2.20. The molecule has 0 aromatic heterocycles. The zero-order chi connectivity index (χ0) is 13.7. The van der Waals surface area contributed by atoms with Gasteiger partial charge >= 0.3 is 0 Å². The highest BCUT2D eigenvalue weighted by atomic mass is 16.5. The summed E-state index contributed by atoms with van der Waals surface area (Å²) >= 11 is 0. The molecule has 1 aliphatic rings. The lowest BCUT2D eigenvalue weighted by molar-refractivity contribution is -0.122. The van der Waals surface area contributed by atoms with E-state index in [1.165, 1.54) is 0 Å². The van der Waals surface area contributed by atoms with Gasteiger partial charge in [0.25, 0.3) is 0 Å². The van der Waals surface area contributed by atoms with Crippen molar-refractivity contribution < 1.29 is 14.6 Å². The van der Waals surface area contributed by atoms with Gasteiger partial charge in [-0.25, -0.2) is 0 Å². The molecule has 19 heavy (non-hydrogen) atoms. The van der Waals surface area contributed by atoms with Crippen LogP contribution in [-0.4, -0.2) is 24.7 Å². The molecule has 1 amide bonds. The lowest BCUT2D eigenvalue weighted by Crippen LogP contribution is -2.29. The fourth-order valence-corrected chi connectivity index (χ4v) is 2.20. The Hall–Kier alpha value is -1.55. The summed E-state index contributed by atoms with van der Waals surface area (Å²) in [6.45, 7) is 0.0596. The highest BCUT2D eigenvalue weighted by Gasteiger charge is 2.33. The first kappa shape index (κ1) is 13.9. The van der Waals surface area contributed by atoms with E-state index in [2.05, 4.69) is 5.32 Å². The molecule has 2 N–H and O–H groups in total. The first-order chi connectivity index (χ1) is 9.24. The maximum Gasteiger partial charge on any atom is 0.220 e. The van der Waals surface area contributed by atoms with Gasteiger partial charge in [-0.2, -0.15) is 0 Å². The zero-order valence-corrected chi connectivity index (χ0v) is 11.3. The second-order valence-electron chi connectivity index (χ2n) is 4.98. The molecule has 104 valence electrons. The smallest absolute Gasteiger partial charge is 0.220 e.